The van der Waals surface area contributed by atoms with Crippen molar-refractivity contribution >= 4 is 22.8 Å². The largest absolute Gasteiger partial charge is 0.480 e. The number of carbonyl (C=O) groups excluding carboxylic acids is 1. The van der Waals surface area contributed by atoms with Crippen molar-refractivity contribution in [2.24, 2.45) is 0 Å². The normalized spacial score (nSPS) is 12.7. The van der Waals surface area contributed by atoms with Gasteiger partial charge < -0.3 is 15.4 Å². The zero-order valence-electron chi connectivity index (χ0n) is 13.9. The Bertz CT molecular complexity index is 995. The van der Waals surface area contributed by atoms with E-state index in [1.807, 2.05) is 12.1 Å². The van der Waals surface area contributed by atoms with Crippen LogP contribution in [0.3, 0.4) is 0 Å². The number of hydrogen-bond donors (Lipinski definition) is 3. The first-order valence-corrected chi connectivity index (χ1v) is 8.02. The van der Waals surface area contributed by atoms with Crippen LogP contribution in [0.2, 0.25) is 0 Å². The smallest absolute Gasteiger partial charge is 0.417 e. The van der Waals surface area contributed by atoms with Crippen LogP contribution < -0.4 is 5.32 Å². The van der Waals surface area contributed by atoms with Crippen molar-refractivity contribution in [2.75, 3.05) is 0 Å². The summed E-state index contributed by atoms with van der Waals surface area (Å²) in [5.74, 6) is -2.42. The molecule has 1 heterocycles. The second-order valence-corrected chi connectivity index (χ2v) is 5.97. The van der Waals surface area contributed by atoms with E-state index in [4.69, 9.17) is 0 Å². The molecule has 0 fully saturated rings. The van der Waals surface area contributed by atoms with Crippen molar-refractivity contribution in [1.82, 2.24) is 10.3 Å². The first-order chi connectivity index (χ1) is 12.8. The summed E-state index contributed by atoms with van der Waals surface area (Å²) in [5.41, 5.74) is -0.290. The number of amides is 1. The molecule has 0 spiro atoms. The minimum Gasteiger partial charge on any atom is -0.480 e. The molecule has 8 heteroatoms. The molecule has 0 saturated heterocycles. The number of hydrogen-bond acceptors (Lipinski definition) is 2. The average molecular weight is 376 g/mol. The highest BCUT2D eigenvalue weighted by atomic mass is 19.4. The molecule has 5 nitrogen and oxygen atoms in total. The summed E-state index contributed by atoms with van der Waals surface area (Å²) in [6.45, 7) is 0. The van der Waals surface area contributed by atoms with E-state index < -0.39 is 35.2 Å². The summed E-state index contributed by atoms with van der Waals surface area (Å²) in [6, 6.07) is 10.1. The fourth-order valence-corrected chi connectivity index (χ4v) is 2.88. The lowest BCUT2D eigenvalue weighted by Crippen LogP contribution is -2.42. The number of carbonyl (C=O) groups is 2. The van der Waals surface area contributed by atoms with Crippen LogP contribution in [0.25, 0.3) is 10.9 Å². The number of carboxylic acids is 1. The van der Waals surface area contributed by atoms with Crippen LogP contribution >= 0.6 is 0 Å². The molecule has 0 aliphatic rings. The number of fused-ring (bicyclic) bond motifs is 1. The van der Waals surface area contributed by atoms with Gasteiger partial charge in [0.15, 0.2) is 0 Å². The fourth-order valence-electron chi connectivity index (χ4n) is 2.88. The lowest BCUT2D eigenvalue weighted by atomic mass is 10.0. The van der Waals surface area contributed by atoms with E-state index in [-0.39, 0.29) is 6.42 Å². The van der Waals surface area contributed by atoms with Gasteiger partial charge in [0.2, 0.25) is 0 Å². The van der Waals surface area contributed by atoms with E-state index in [2.05, 4.69) is 10.3 Å². The molecule has 0 aliphatic carbocycles. The van der Waals surface area contributed by atoms with Crippen molar-refractivity contribution in [1.29, 1.82) is 0 Å². The molecule has 3 aromatic rings. The summed E-state index contributed by atoms with van der Waals surface area (Å²) in [7, 11) is 0. The second-order valence-electron chi connectivity index (χ2n) is 5.97. The van der Waals surface area contributed by atoms with E-state index in [9.17, 15) is 27.9 Å². The Morgan fingerprint density at radius 1 is 1.07 bits per heavy atom. The predicted octanol–water partition coefficient (Wildman–Crippen LogP) is 3.61. The van der Waals surface area contributed by atoms with Crippen LogP contribution in [0.4, 0.5) is 13.2 Å². The maximum Gasteiger partial charge on any atom is 0.417 e. The minimum absolute atomic E-state index is 0.0702. The molecule has 2 aromatic carbocycles. The molecule has 0 unspecified atom stereocenters. The number of aromatic nitrogens is 1. The quantitative estimate of drug-likeness (QED) is 0.636. The third-order valence-corrected chi connectivity index (χ3v) is 4.18. The van der Waals surface area contributed by atoms with Crippen LogP contribution in [-0.2, 0) is 17.4 Å². The molecule has 3 rings (SSSR count). The van der Waals surface area contributed by atoms with Gasteiger partial charge in [-0.05, 0) is 23.8 Å². The molecule has 3 N–H and O–H groups in total. The van der Waals surface area contributed by atoms with E-state index in [0.29, 0.717) is 5.56 Å². The predicted molar refractivity (Wildman–Crippen MR) is 92.3 cm³/mol. The van der Waals surface area contributed by atoms with E-state index in [1.54, 1.807) is 18.3 Å². The van der Waals surface area contributed by atoms with Crippen molar-refractivity contribution in [2.45, 2.75) is 18.6 Å². The Morgan fingerprint density at radius 3 is 2.44 bits per heavy atom. The Morgan fingerprint density at radius 2 is 1.74 bits per heavy atom. The summed E-state index contributed by atoms with van der Waals surface area (Å²) >= 11 is 0. The Kier molecular flexibility index (Phi) is 4.89. The van der Waals surface area contributed by atoms with E-state index in [0.717, 1.165) is 23.0 Å². The maximum absolute atomic E-state index is 13.1. The van der Waals surface area contributed by atoms with E-state index in [1.165, 1.54) is 12.1 Å². The second kappa shape index (κ2) is 7.14. The van der Waals surface area contributed by atoms with Crippen LogP contribution in [0.1, 0.15) is 21.5 Å². The molecule has 1 aromatic heterocycles. The maximum atomic E-state index is 13.1. The number of nitrogens with one attached hydrogen (secondary N) is 2. The number of aromatic amines is 1. The number of benzene rings is 2. The lowest BCUT2D eigenvalue weighted by molar-refractivity contribution is -0.139. The highest BCUT2D eigenvalue weighted by Crippen LogP contribution is 2.31. The number of para-hydroxylation sites is 1. The zero-order chi connectivity index (χ0) is 19.6. The topological polar surface area (TPSA) is 82.2 Å². The third-order valence-electron chi connectivity index (χ3n) is 4.18. The van der Waals surface area contributed by atoms with Gasteiger partial charge >= 0.3 is 12.1 Å². The molecule has 0 aliphatic heterocycles. The van der Waals surface area contributed by atoms with Gasteiger partial charge in [-0.1, -0.05) is 30.3 Å². The number of carboxylic acid groups (broad SMARTS) is 1. The standard InChI is InChI=1S/C19H15F3N2O3/c20-19(21,22)14-7-3-1-6-13(14)17(25)24-16(18(26)27)9-11-10-23-15-8-4-2-5-12(11)15/h1-8,10,16,23H,9H2,(H,24,25)(H,26,27)/t16-/m1/s1. The highest BCUT2D eigenvalue weighted by molar-refractivity contribution is 5.98. The number of halogens is 3. The molecule has 0 saturated carbocycles. The Labute approximate surface area is 151 Å². The van der Waals surface area contributed by atoms with Crippen molar-refractivity contribution < 1.29 is 27.9 Å². The summed E-state index contributed by atoms with van der Waals surface area (Å²) in [5, 5.41) is 12.4. The minimum atomic E-state index is -4.72. The molecular formula is C19H15F3N2O3. The molecule has 1 atom stereocenters. The Balaban J connectivity index is 1.85. The van der Waals surface area contributed by atoms with Crippen molar-refractivity contribution in [3.63, 3.8) is 0 Å². The summed E-state index contributed by atoms with van der Waals surface area (Å²) in [6.07, 6.45) is -3.17. The van der Waals surface area contributed by atoms with Gasteiger partial charge in [0.05, 0.1) is 11.1 Å². The number of rotatable bonds is 5. The Hall–Kier alpha value is -3.29. The molecular weight excluding hydrogens is 361 g/mol. The van der Waals surface area contributed by atoms with Gasteiger partial charge in [-0.3, -0.25) is 4.79 Å². The van der Waals surface area contributed by atoms with Crippen LogP contribution in [0.15, 0.2) is 54.7 Å². The van der Waals surface area contributed by atoms with Gasteiger partial charge in [-0.25, -0.2) is 4.79 Å². The van der Waals surface area contributed by atoms with Gasteiger partial charge in [0.25, 0.3) is 5.91 Å². The van der Waals surface area contributed by atoms with Crippen molar-refractivity contribution in [3.05, 3.63) is 71.4 Å². The summed E-state index contributed by atoms with van der Waals surface area (Å²) in [4.78, 5) is 26.9. The fraction of sp³-hybridized carbons (Fsp3) is 0.158. The van der Waals surface area contributed by atoms with Crippen LogP contribution in [-0.4, -0.2) is 28.0 Å². The van der Waals surface area contributed by atoms with Crippen molar-refractivity contribution in [3.8, 4) is 0 Å². The molecule has 140 valence electrons. The van der Waals surface area contributed by atoms with Crippen LogP contribution in [0, 0.1) is 0 Å². The SMILES string of the molecule is O=C(N[C@H](Cc1c[nH]c2ccccc12)C(=O)O)c1ccccc1C(F)(F)F. The molecule has 0 bridgehead atoms. The van der Waals surface area contributed by atoms with Gasteiger partial charge in [0, 0.05) is 23.5 Å². The first kappa shape index (κ1) is 18.5. The highest BCUT2D eigenvalue weighted by Gasteiger charge is 2.35. The third kappa shape index (κ3) is 3.94. The molecule has 0 radical (unpaired) electrons. The average Bonchev–Trinajstić information content (AvgIpc) is 3.03. The van der Waals surface area contributed by atoms with Gasteiger partial charge in [-0.2, -0.15) is 13.2 Å². The lowest BCUT2D eigenvalue weighted by Gasteiger charge is -2.17. The van der Waals surface area contributed by atoms with Crippen LogP contribution in [0.5, 0.6) is 0 Å². The molecule has 27 heavy (non-hydrogen) atoms. The number of alkyl halides is 3. The zero-order valence-corrected chi connectivity index (χ0v) is 13.9. The number of aliphatic carboxylic acids is 1. The van der Waals surface area contributed by atoms with Gasteiger partial charge in [0.1, 0.15) is 6.04 Å². The first-order valence-electron chi connectivity index (χ1n) is 8.02. The van der Waals surface area contributed by atoms with Gasteiger partial charge in [-0.15, -0.1) is 0 Å². The summed E-state index contributed by atoms with van der Waals surface area (Å²) < 4.78 is 39.3. The monoisotopic (exact) mass is 376 g/mol. The molecule has 1 amide bonds. The van der Waals surface area contributed by atoms with E-state index >= 15 is 0 Å². The number of H-pyrrole nitrogens is 1.